The Balaban J connectivity index is 2.66. The number of ether oxygens (including phenoxy) is 1. The van der Waals surface area contributed by atoms with Crippen LogP contribution in [0.15, 0.2) is 0 Å². The van der Waals surface area contributed by atoms with Gasteiger partial charge in [-0.1, -0.05) is 6.92 Å². The first kappa shape index (κ1) is 11.5. The second kappa shape index (κ2) is 4.30. The number of hydrogen-bond donors (Lipinski definition) is 1. The molecule has 2 atom stereocenters. The largest absolute Gasteiger partial charge is 0.469 e. The summed E-state index contributed by atoms with van der Waals surface area (Å²) in [6.07, 6.45) is 2.26. The summed E-state index contributed by atoms with van der Waals surface area (Å²) >= 11 is 0. The van der Waals surface area contributed by atoms with Crippen LogP contribution in [0.4, 0.5) is 0 Å². The second-order valence-electron chi connectivity index (χ2n) is 4.85. The molecule has 14 heavy (non-hydrogen) atoms. The molecule has 1 aliphatic rings. The highest BCUT2D eigenvalue weighted by atomic mass is 16.5. The Morgan fingerprint density at radius 2 is 2.14 bits per heavy atom. The molecule has 1 saturated heterocycles. The minimum absolute atomic E-state index is 0.121. The van der Waals surface area contributed by atoms with Crippen LogP contribution in [0.2, 0.25) is 0 Å². The lowest BCUT2D eigenvalue weighted by Crippen LogP contribution is -2.50. The van der Waals surface area contributed by atoms with Gasteiger partial charge in [-0.05, 0) is 39.2 Å². The number of piperidine rings is 1. The van der Waals surface area contributed by atoms with Crippen LogP contribution in [0.1, 0.15) is 33.6 Å². The van der Waals surface area contributed by atoms with Crippen molar-refractivity contribution in [3.63, 3.8) is 0 Å². The Morgan fingerprint density at radius 1 is 1.50 bits per heavy atom. The van der Waals surface area contributed by atoms with E-state index in [1.165, 1.54) is 13.5 Å². The predicted octanol–water partition coefficient (Wildman–Crippen LogP) is 1.57. The maximum absolute atomic E-state index is 11.6. The molecule has 0 bridgehead atoms. The van der Waals surface area contributed by atoms with E-state index in [-0.39, 0.29) is 12.0 Å². The highest BCUT2D eigenvalue weighted by Crippen LogP contribution is 2.30. The first-order valence-electron chi connectivity index (χ1n) is 5.30. The highest BCUT2D eigenvalue weighted by molar-refractivity contribution is 5.76. The molecule has 0 aromatic heterocycles. The molecule has 1 aliphatic heterocycles. The van der Waals surface area contributed by atoms with Crippen LogP contribution in [0.3, 0.4) is 0 Å². The van der Waals surface area contributed by atoms with E-state index < -0.39 is 5.41 Å². The maximum atomic E-state index is 11.6. The van der Waals surface area contributed by atoms with Gasteiger partial charge in [0.2, 0.25) is 0 Å². The Hall–Kier alpha value is -0.570. The fourth-order valence-electron chi connectivity index (χ4n) is 2.06. The summed E-state index contributed by atoms with van der Waals surface area (Å²) in [5.41, 5.74) is -0.413. The van der Waals surface area contributed by atoms with E-state index in [1.54, 1.807) is 0 Å². The summed E-state index contributed by atoms with van der Waals surface area (Å²) in [6.45, 7) is 7.15. The van der Waals surface area contributed by atoms with Gasteiger partial charge in [0.1, 0.15) is 0 Å². The maximum Gasteiger partial charge on any atom is 0.312 e. The Labute approximate surface area is 86.2 Å². The lowest BCUT2D eigenvalue weighted by Gasteiger charge is -2.37. The smallest absolute Gasteiger partial charge is 0.312 e. The van der Waals surface area contributed by atoms with Gasteiger partial charge in [0.15, 0.2) is 0 Å². The average Bonchev–Trinajstić information content (AvgIpc) is 2.16. The van der Waals surface area contributed by atoms with Crippen LogP contribution in [-0.4, -0.2) is 25.7 Å². The molecule has 1 N–H and O–H groups in total. The number of carbonyl (C=O) groups excluding carboxylic acids is 1. The van der Waals surface area contributed by atoms with Gasteiger partial charge >= 0.3 is 5.97 Å². The molecule has 0 saturated carbocycles. The van der Waals surface area contributed by atoms with Crippen LogP contribution in [0, 0.1) is 11.3 Å². The number of carbonyl (C=O) groups is 1. The number of hydrogen-bond acceptors (Lipinski definition) is 3. The van der Waals surface area contributed by atoms with E-state index in [0.717, 1.165) is 13.0 Å². The lowest BCUT2D eigenvalue weighted by atomic mass is 9.77. The van der Waals surface area contributed by atoms with Gasteiger partial charge in [0.05, 0.1) is 12.5 Å². The third kappa shape index (κ3) is 2.27. The predicted molar refractivity (Wildman–Crippen MR) is 56.0 cm³/mol. The van der Waals surface area contributed by atoms with Crippen molar-refractivity contribution in [1.29, 1.82) is 0 Å². The van der Waals surface area contributed by atoms with Gasteiger partial charge in [0.25, 0.3) is 0 Å². The molecule has 0 radical (unpaired) electrons. The van der Waals surface area contributed by atoms with Gasteiger partial charge < -0.3 is 10.1 Å². The van der Waals surface area contributed by atoms with Gasteiger partial charge in [-0.2, -0.15) is 0 Å². The summed E-state index contributed by atoms with van der Waals surface area (Å²) in [7, 11) is 1.45. The Bertz CT molecular complexity index is 213. The summed E-state index contributed by atoms with van der Waals surface area (Å²) < 4.78 is 4.82. The van der Waals surface area contributed by atoms with E-state index in [0.29, 0.717) is 5.92 Å². The molecule has 1 heterocycles. The van der Waals surface area contributed by atoms with Gasteiger partial charge in [-0.25, -0.2) is 0 Å². The zero-order valence-corrected chi connectivity index (χ0v) is 9.59. The molecule has 3 nitrogen and oxygen atoms in total. The van der Waals surface area contributed by atoms with Crippen molar-refractivity contribution in [2.75, 3.05) is 13.7 Å². The van der Waals surface area contributed by atoms with Gasteiger partial charge in [-0.3, -0.25) is 4.79 Å². The van der Waals surface area contributed by atoms with Crippen molar-refractivity contribution in [3.05, 3.63) is 0 Å². The Kier molecular flexibility index (Phi) is 3.53. The normalized spacial score (nSPS) is 28.6. The summed E-state index contributed by atoms with van der Waals surface area (Å²) in [6, 6.07) is 0.249. The Morgan fingerprint density at radius 3 is 2.64 bits per heavy atom. The van der Waals surface area contributed by atoms with E-state index >= 15 is 0 Å². The molecule has 0 aromatic carbocycles. The molecule has 82 valence electrons. The van der Waals surface area contributed by atoms with Crippen LogP contribution in [-0.2, 0) is 9.53 Å². The number of rotatable bonds is 2. The van der Waals surface area contributed by atoms with Crippen LogP contribution in [0.25, 0.3) is 0 Å². The summed E-state index contributed by atoms with van der Waals surface area (Å²) in [5, 5.41) is 3.40. The average molecular weight is 199 g/mol. The van der Waals surface area contributed by atoms with Crippen molar-refractivity contribution in [2.24, 2.45) is 11.3 Å². The number of methoxy groups -OCH3 is 1. The van der Waals surface area contributed by atoms with E-state index in [1.807, 2.05) is 13.8 Å². The monoisotopic (exact) mass is 199 g/mol. The van der Waals surface area contributed by atoms with Crippen LogP contribution < -0.4 is 5.32 Å². The third-order valence-corrected chi connectivity index (χ3v) is 3.25. The molecule has 0 amide bonds. The van der Waals surface area contributed by atoms with E-state index in [9.17, 15) is 4.79 Å². The lowest BCUT2D eigenvalue weighted by molar-refractivity contribution is -0.153. The fourth-order valence-corrected chi connectivity index (χ4v) is 2.06. The fraction of sp³-hybridized carbons (Fsp3) is 0.909. The van der Waals surface area contributed by atoms with Crippen molar-refractivity contribution < 1.29 is 9.53 Å². The molecular formula is C11H21NO2. The number of nitrogens with one attached hydrogen (secondary N) is 1. The zero-order chi connectivity index (χ0) is 10.8. The third-order valence-electron chi connectivity index (χ3n) is 3.25. The first-order valence-corrected chi connectivity index (χ1v) is 5.30. The standard InChI is InChI=1S/C11H21NO2/c1-8-5-6-12-9(7-8)11(2,3)10(13)14-4/h8-9,12H,5-7H2,1-4H3/t8-,9+/m1/s1. The molecule has 0 aromatic rings. The molecule has 1 rings (SSSR count). The van der Waals surface area contributed by atoms with E-state index in [4.69, 9.17) is 4.74 Å². The molecular weight excluding hydrogens is 178 g/mol. The van der Waals surface area contributed by atoms with Gasteiger partial charge in [-0.15, -0.1) is 0 Å². The van der Waals surface area contributed by atoms with Crippen molar-refractivity contribution in [1.82, 2.24) is 5.32 Å². The van der Waals surface area contributed by atoms with Crippen LogP contribution in [0.5, 0.6) is 0 Å². The molecule has 1 fully saturated rings. The van der Waals surface area contributed by atoms with Gasteiger partial charge in [0, 0.05) is 6.04 Å². The molecule has 0 unspecified atom stereocenters. The molecule has 3 heteroatoms. The minimum atomic E-state index is -0.413. The second-order valence-corrected chi connectivity index (χ2v) is 4.85. The van der Waals surface area contributed by atoms with Crippen molar-refractivity contribution >= 4 is 5.97 Å². The van der Waals surface area contributed by atoms with E-state index in [2.05, 4.69) is 12.2 Å². The van der Waals surface area contributed by atoms with Crippen LogP contribution >= 0.6 is 0 Å². The van der Waals surface area contributed by atoms with Crippen molar-refractivity contribution in [3.8, 4) is 0 Å². The summed E-state index contributed by atoms with van der Waals surface area (Å²) in [5.74, 6) is 0.578. The quantitative estimate of drug-likeness (QED) is 0.686. The topological polar surface area (TPSA) is 38.3 Å². The minimum Gasteiger partial charge on any atom is -0.469 e. The first-order chi connectivity index (χ1) is 6.48. The molecule has 0 aliphatic carbocycles. The van der Waals surface area contributed by atoms with Crippen molar-refractivity contribution in [2.45, 2.75) is 39.7 Å². The SMILES string of the molecule is COC(=O)C(C)(C)[C@@H]1C[C@H](C)CCN1. The number of esters is 1. The highest BCUT2D eigenvalue weighted by Gasteiger charge is 2.39. The molecule has 0 spiro atoms. The zero-order valence-electron chi connectivity index (χ0n) is 9.59. The summed E-state index contributed by atoms with van der Waals surface area (Å²) in [4.78, 5) is 11.6.